The van der Waals surface area contributed by atoms with Gasteiger partial charge in [-0.1, -0.05) is 23.9 Å². The van der Waals surface area contributed by atoms with E-state index in [-0.39, 0.29) is 5.69 Å². The number of aryl methyl sites for hydroxylation is 2. The minimum atomic E-state index is -0.455. The van der Waals surface area contributed by atoms with Gasteiger partial charge in [-0.05, 0) is 38.0 Å². The van der Waals surface area contributed by atoms with Crippen LogP contribution in [0, 0.1) is 24.0 Å². The fourth-order valence-electron chi connectivity index (χ4n) is 1.72. The molecule has 7 heteroatoms. The van der Waals surface area contributed by atoms with Gasteiger partial charge in [0.2, 0.25) is 5.95 Å². The molecule has 0 unspecified atom stereocenters. The summed E-state index contributed by atoms with van der Waals surface area (Å²) in [5.74, 6) is 0.399. The third-order valence-electron chi connectivity index (χ3n) is 2.82. The van der Waals surface area contributed by atoms with Crippen molar-refractivity contribution in [2.24, 2.45) is 0 Å². The SMILES string of the molecule is CCNc1ncc([N+](=O)[O-])c(Sc2cc(C)ccc2C)n1. The van der Waals surface area contributed by atoms with Crippen molar-refractivity contribution in [1.82, 2.24) is 9.97 Å². The van der Waals surface area contributed by atoms with E-state index in [0.717, 1.165) is 16.0 Å². The quantitative estimate of drug-likeness (QED) is 0.516. The van der Waals surface area contributed by atoms with Crippen LogP contribution < -0.4 is 5.32 Å². The van der Waals surface area contributed by atoms with Crippen molar-refractivity contribution in [3.63, 3.8) is 0 Å². The first-order valence-corrected chi connectivity index (χ1v) is 7.33. The lowest BCUT2D eigenvalue weighted by Crippen LogP contribution is -2.04. The first kappa shape index (κ1) is 15.2. The fourth-order valence-corrected chi connectivity index (χ4v) is 2.77. The highest BCUT2D eigenvalue weighted by atomic mass is 32.2. The molecule has 0 aliphatic heterocycles. The molecule has 0 saturated heterocycles. The van der Waals surface area contributed by atoms with Crippen LogP contribution in [0.1, 0.15) is 18.1 Å². The molecule has 1 aromatic carbocycles. The van der Waals surface area contributed by atoms with Gasteiger partial charge in [-0.2, -0.15) is 4.98 Å². The highest BCUT2D eigenvalue weighted by Crippen LogP contribution is 2.35. The van der Waals surface area contributed by atoms with Crippen LogP contribution in [0.2, 0.25) is 0 Å². The van der Waals surface area contributed by atoms with Crippen LogP contribution in [0.5, 0.6) is 0 Å². The van der Waals surface area contributed by atoms with E-state index in [0.29, 0.717) is 17.5 Å². The second-order valence-corrected chi connectivity index (χ2v) is 5.57. The van der Waals surface area contributed by atoms with Gasteiger partial charge < -0.3 is 5.32 Å². The summed E-state index contributed by atoms with van der Waals surface area (Å²) in [7, 11) is 0. The van der Waals surface area contributed by atoms with E-state index in [1.54, 1.807) is 0 Å². The van der Waals surface area contributed by atoms with Gasteiger partial charge in [0, 0.05) is 11.4 Å². The minimum Gasteiger partial charge on any atom is -0.354 e. The van der Waals surface area contributed by atoms with Crippen LogP contribution >= 0.6 is 11.8 Å². The molecular formula is C14H16N4O2S. The average Bonchev–Trinajstić information content (AvgIpc) is 2.43. The topological polar surface area (TPSA) is 81.0 Å². The maximum atomic E-state index is 11.1. The fraction of sp³-hybridized carbons (Fsp3) is 0.286. The molecule has 0 bridgehead atoms. The van der Waals surface area contributed by atoms with E-state index >= 15 is 0 Å². The molecule has 2 aromatic rings. The molecule has 1 heterocycles. The van der Waals surface area contributed by atoms with Crippen LogP contribution in [0.25, 0.3) is 0 Å². The monoisotopic (exact) mass is 304 g/mol. The van der Waals surface area contributed by atoms with Gasteiger partial charge >= 0.3 is 5.69 Å². The van der Waals surface area contributed by atoms with E-state index < -0.39 is 4.92 Å². The zero-order chi connectivity index (χ0) is 15.4. The van der Waals surface area contributed by atoms with Gasteiger partial charge in [-0.25, -0.2) is 4.98 Å². The first-order chi connectivity index (χ1) is 10.0. The van der Waals surface area contributed by atoms with Crippen LogP contribution in [-0.2, 0) is 0 Å². The summed E-state index contributed by atoms with van der Waals surface area (Å²) in [6.45, 7) is 6.54. The molecule has 0 atom stereocenters. The summed E-state index contributed by atoms with van der Waals surface area (Å²) in [5, 5.41) is 14.4. The molecule has 0 spiro atoms. The van der Waals surface area contributed by atoms with Crippen LogP contribution in [0.3, 0.4) is 0 Å². The lowest BCUT2D eigenvalue weighted by molar-refractivity contribution is -0.388. The Morgan fingerprint density at radius 2 is 2.14 bits per heavy atom. The first-order valence-electron chi connectivity index (χ1n) is 6.51. The lowest BCUT2D eigenvalue weighted by atomic mass is 10.2. The number of rotatable bonds is 5. The zero-order valence-corrected chi connectivity index (χ0v) is 12.9. The normalized spacial score (nSPS) is 10.4. The molecule has 0 saturated carbocycles. The van der Waals surface area contributed by atoms with Crippen LogP contribution in [0.4, 0.5) is 11.6 Å². The maximum Gasteiger partial charge on any atom is 0.320 e. The molecule has 0 aliphatic rings. The summed E-state index contributed by atoms with van der Waals surface area (Å²) in [6, 6.07) is 6.01. The second kappa shape index (κ2) is 6.53. The third kappa shape index (κ3) is 3.69. The molecular weight excluding hydrogens is 288 g/mol. The number of hydrogen-bond donors (Lipinski definition) is 1. The number of aromatic nitrogens is 2. The van der Waals surface area contributed by atoms with Gasteiger partial charge in [-0.15, -0.1) is 0 Å². The second-order valence-electron chi connectivity index (χ2n) is 4.54. The van der Waals surface area contributed by atoms with Crippen molar-refractivity contribution in [3.05, 3.63) is 45.6 Å². The molecule has 0 aliphatic carbocycles. The van der Waals surface area contributed by atoms with Crippen molar-refractivity contribution in [2.45, 2.75) is 30.7 Å². The van der Waals surface area contributed by atoms with Gasteiger partial charge in [0.05, 0.1) is 4.92 Å². The number of nitro groups is 1. The van der Waals surface area contributed by atoms with Gasteiger partial charge in [0.15, 0.2) is 5.03 Å². The number of nitrogens with zero attached hydrogens (tertiary/aromatic N) is 3. The molecule has 0 amide bonds. The Hall–Kier alpha value is -2.15. The molecule has 2 rings (SSSR count). The molecule has 6 nitrogen and oxygen atoms in total. The summed E-state index contributed by atoms with van der Waals surface area (Å²) in [5.41, 5.74) is 2.08. The Morgan fingerprint density at radius 1 is 1.38 bits per heavy atom. The van der Waals surface area contributed by atoms with Crippen LogP contribution in [-0.4, -0.2) is 21.4 Å². The summed E-state index contributed by atoms with van der Waals surface area (Å²) < 4.78 is 0. The molecule has 0 fully saturated rings. The average molecular weight is 304 g/mol. The minimum absolute atomic E-state index is 0.0810. The number of nitrogens with one attached hydrogen (secondary N) is 1. The highest BCUT2D eigenvalue weighted by molar-refractivity contribution is 7.99. The predicted molar refractivity (Wildman–Crippen MR) is 82.9 cm³/mol. The smallest absolute Gasteiger partial charge is 0.320 e. The Balaban J connectivity index is 2.43. The number of anilines is 1. The molecule has 110 valence electrons. The van der Waals surface area contributed by atoms with Crippen molar-refractivity contribution >= 4 is 23.4 Å². The Kier molecular flexibility index (Phi) is 4.74. The van der Waals surface area contributed by atoms with Gasteiger partial charge in [-0.3, -0.25) is 10.1 Å². The largest absolute Gasteiger partial charge is 0.354 e. The van der Waals surface area contributed by atoms with Gasteiger partial charge in [0.1, 0.15) is 6.20 Å². The van der Waals surface area contributed by atoms with Gasteiger partial charge in [0.25, 0.3) is 0 Å². The molecule has 1 aromatic heterocycles. The molecule has 21 heavy (non-hydrogen) atoms. The van der Waals surface area contributed by atoms with E-state index in [1.807, 2.05) is 39.0 Å². The van der Waals surface area contributed by atoms with E-state index in [2.05, 4.69) is 15.3 Å². The standard InChI is InChI=1S/C14H16N4O2S/c1-4-15-14-16-8-11(18(19)20)13(17-14)21-12-7-9(2)5-6-10(12)3/h5-8H,4H2,1-3H3,(H,15,16,17). The van der Waals surface area contributed by atoms with Crippen LogP contribution in [0.15, 0.2) is 34.3 Å². The van der Waals surface area contributed by atoms with Crippen molar-refractivity contribution in [1.29, 1.82) is 0 Å². The Bertz CT molecular complexity index is 676. The van der Waals surface area contributed by atoms with Crippen molar-refractivity contribution < 1.29 is 4.92 Å². The van der Waals surface area contributed by atoms with Crippen molar-refractivity contribution in [3.8, 4) is 0 Å². The highest BCUT2D eigenvalue weighted by Gasteiger charge is 2.19. The third-order valence-corrected chi connectivity index (χ3v) is 3.97. The Labute approximate surface area is 127 Å². The van der Waals surface area contributed by atoms with E-state index in [9.17, 15) is 10.1 Å². The lowest BCUT2D eigenvalue weighted by Gasteiger charge is -2.08. The zero-order valence-electron chi connectivity index (χ0n) is 12.1. The number of benzene rings is 1. The Morgan fingerprint density at radius 3 is 2.81 bits per heavy atom. The predicted octanol–water partition coefficient (Wildman–Crippen LogP) is 3.58. The summed E-state index contributed by atoms with van der Waals surface area (Å²) in [6.07, 6.45) is 1.25. The summed E-state index contributed by atoms with van der Waals surface area (Å²) >= 11 is 1.29. The summed E-state index contributed by atoms with van der Waals surface area (Å²) in [4.78, 5) is 19.8. The number of hydrogen-bond acceptors (Lipinski definition) is 6. The van der Waals surface area contributed by atoms with Crippen molar-refractivity contribution in [2.75, 3.05) is 11.9 Å². The van der Waals surface area contributed by atoms with E-state index in [1.165, 1.54) is 18.0 Å². The van der Waals surface area contributed by atoms with E-state index in [4.69, 9.17) is 0 Å². The maximum absolute atomic E-state index is 11.1. The molecule has 1 N–H and O–H groups in total. The molecule has 0 radical (unpaired) electrons.